The standard InChI is InChI=1S/CH5NO2S2/c2-6(3,4)1-5/h5H,1H2,(H2,2,3,4). The van der Waals surface area contributed by atoms with Crippen LogP contribution >= 0.6 is 12.6 Å². The van der Waals surface area contributed by atoms with E-state index in [0.717, 1.165) is 0 Å². The van der Waals surface area contributed by atoms with E-state index < -0.39 is 10.0 Å². The number of primary sulfonamides is 1. The lowest BCUT2D eigenvalue weighted by molar-refractivity contribution is 0.602. The monoisotopic (exact) mass is 127 g/mol. The molecule has 0 atom stereocenters. The zero-order chi connectivity index (χ0) is 5.21. The van der Waals surface area contributed by atoms with Crippen molar-refractivity contribution in [2.45, 2.75) is 0 Å². The third kappa shape index (κ3) is 4.26. The quantitative estimate of drug-likeness (QED) is 0.451. The van der Waals surface area contributed by atoms with E-state index in [4.69, 9.17) is 0 Å². The van der Waals surface area contributed by atoms with E-state index in [1.54, 1.807) is 0 Å². The average Bonchev–Trinajstić information content (AvgIpc) is 1.35. The molecule has 0 aromatic rings. The minimum absolute atomic E-state index is 0.285. The molecule has 0 aliphatic carbocycles. The van der Waals surface area contributed by atoms with E-state index in [-0.39, 0.29) is 5.08 Å². The van der Waals surface area contributed by atoms with Gasteiger partial charge in [-0.2, -0.15) is 12.6 Å². The Morgan fingerprint density at radius 3 is 1.83 bits per heavy atom. The maximum atomic E-state index is 9.70. The third-order valence-electron chi connectivity index (χ3n) is 0.180. The highest BCUT2D eigenvalue weighted by molar-refractivity contribution is 8.02. The van der Waals surface area contributed by atoms with Gasteiger partial charge in [0.25, 0.3) is 0 Å². The Morgan fingerprint density at radius 2 is 1.83 bits per heavy atom. The Hall–Kier alpha value is 0.260. The number of thiol groups is 1. The Bertz CT molecular complexity index is 114. The summed E-state index contributed by atoms with van der Waals surface area (Å²) < 4.78 is 19.4. The van der Waals surface area contributed by atoms with Gasteiger partial charge in [-0.3, -0.25) is 0 Å². The number of sulfonamides is 1. The number of nitrogens with two attached hydrogens (primary N) is 1. The van der Waals surface area contributed by atoms with Gasteiger partial charge in [-0.1, -0.05) is 0 Å². The molecule has 0 rings (SSSR count). The summed E-state index contributed by atoms with van der Waals surface area (Å²) in [5.41, 5.74) is 0. The summed E-state index contributed by atoms with van der Waals surface area (Å²) >= 11 is 3.39. The van der Waals surface area contributed by atoms with Crippen LogP contribution in [-0.2, 0) is 10.0 Å². The highest BCUT2D eigenvalue weighted by Crippen LogP contribution is 1.77. The van der Waals surface area contributed by atoms with Crippen LogP contribution in [-0.4, -0.2) is 13.5 Å². The predicted octanol–water partition coefficient (Wildman–Crippen LogP) is -0.838. The summed E-state index contributed by atoms with van der Waals surface area (Å²) in [5, 5.41) is 4.15. The van der Waals surface area contributed by atoms with Crippen LogP contribution in [0.1, 0.15) is 0 Å². The first kappa shape index (κ1) is 6.26. The topological polar surface area (TPSA) is 60.2 Å². The van der Waals surface area contributed by atoms with Crippen LogP contribution < -0.4 is 5.14 Å². The highest BCUT2D eigenvalue weighted by Gasteiger charge is 1.91. The molecule has 0 radical (unpaired) electrons. The first-order chi connectivity index (χ1) is 2.56. The molecule has 5 heteroatoms. The van der Waals surface area contributed by atoms with Gasteiger partial charge in [0, 0.05) is 0 Å². The van der Waals surface area contributed by atoms with Crippen LogP contribution in [0.4, 0.5) is 0 Å². The van der Waals surface area contributed by atoms with Gasteiger partial charge in [-0.25, -0.2) is 13.6 Å². The molecule has 0 aromatic heterocycles. The molecule has 0 saturated heterocycles. The van der Waals surface area contributed by atoms with Gasteiger partial charge in [0.15, 0.2) is 0 Å². The van der Waals surface area contributed by atoms with Crippen LogP contribution in [0.2, 0.25) is 0 Å². The normalized spacial score (nSPS) is 11.7. The molecule has 0 unspecified atom stereocenters. The molecule has 0 amide bonds. The fraction of sp³-hybridized carbons (Fsp3) is 1.00. The summed E-state index contributed by atoms with van der Waals surface area (Å²) in [5.74, 6) is 0. The second-order valence-corrected chi connectivity index (χ2v) is 3.15. The molecular formula is CH5NO2S2. The summed E-state index contributed by atoms with van der Waals surface area (Å²) in [7, 11) is -3.30. The Balaban J connectivity index is 3.85. The molecule has 0 fully saturated rings. The third-order valence-corrected chi connectivity index (χ3v) is 1.62. The summed E-state index contributed by atoms with van der Waals surface area (Å²) in [6, 6.07) is 0. The fourth-order valence-corrected chi connectivity index (χ4v) is 0. The summed E-state index contributed by atoms with van der Waals surface area (Å²) in [6.07, 6.45) is 0. The molecule has 2 N–H and O–H groups in total. The number of hydrogen-bond donors (Lipinski definition) is 2. The lowest BCUT2D eigenvalue weighted by atomic mass is 11.9. The zero-order valence-corrected chi connectivity index (χ0v) is 4.67. The molecule has 0 aromatic carbocycles. The summed E-state index contributed by atoms with van der Waals surface area (Å²) in [6.45, 7) is 0. The second-order valence-electron chi connectivity index (χ2n) is 0.792. The zero-order valence-electron chi connectivity index (χ0n) is 2.96. The van der Waals surface area contributed by atoms with Gasteiger partial charge in [0.1, 0.15) is 5.08 Å². The summed E-state index contributed by atoms with van der Waals surface area (Å²) in [4.78, 5) is 0. The van der Waals surface area contributed by atoms with Crippen LogP contribution in [0.3, 0.4) is 0 Å². The molecule has 0 bridgehead atoms. The van der Waals surface area contributed by atoms with Gasteiger partial charge in [-0.05, 0) is 0 Å². The van der Waals surface area contributed by atoms with Gasteiger partial charge in [0.2, 0.25) is 10.0 Å². The van der Waals surface area contributed by atoms with E-state index in [1.807, 2.05) is 0 Å². The second kappa shape index (κ2) is 1.81. The first-order valence-electron chi connectivity index (χ1n) is 1.17. The van der Waals surface area contributed by atoms with Gasteiger partial charge < -0.3 is 0 Å². The predicted molar refractivity (Wildman–Crippen MR) is 27.0 cm³/mol. The van der Waals surface area contributed by atoms with Crippen molar-refractivity contribution in [2.24, 2.45) is 5.14 Å². The van der Waals surface area contributed by atoms with Crippen LogP contribution in [0.5, 0.6) is 0 Å². The highest BCUT2D eigenvalue weighted by atomic mass is 32.3. The molecule has 3 nitrogen and oxygen atoms in total. The van der Waals surface area contributed by atoms with Crippen molar-refractivity contribution in [1.29, 1.82) is 0 Å². The minimum Gasteiger partial charge on any atom is -0.228 e. The van der Waals surface area contributed by atoms with Crippen LogP contribution in [0.15, 0.2) is 0 Å². The smallest absolute Gasteiger partial charge is 0.218 e. The van der Waals surface area contributed by atoms with Gasteiger partial charge >= 0.3 is 0 Å². The van der Waals surface area contributed by atoms with E-state index >= 15 is 0 Å². The molecule has 0 aliphatic heterocycles. The lowest BCUT2D eigenvalue weighted by Gasteiger charge is -1.81. The molecule has 6 heavy (non-hydrogen) atoms. The van der Waals surface area contributed by atoms with Crippen molar-refractivity contribution in [3.05, 3.63) is 0 Å². The lowest BCUT2D eigenvalue weighted by Crippen LogP contribution is -2.12. The Kier molecular flexibility index (Phi) is 1.89. The largest absolute Gasteiger partial charge is 0.228 e. The van der Waals surface area contributed by atoms with E-state index in [1.165, 1.54) is 0 Å². The Labute approximate surface area is 42.0 Å². The van der Waals surface area contributed by atoms with E-state index in [2.05, 4.69) is 17.8 Å². The molecule has 38 valence electrons. The van der Waals surface area contributed by atoms with Crippen molar-refractivity contribution >= 4 is 22.7 Å². The molecule has 0 aliphatic rings. The fourth-order valence-electron chi connectivity index (χ4n) is 0. The Morgan fingerprint density at radius 1 is 1.67 bits per heavy atom. The van der Waals surface area contributed by atoms with Gasteiger partial charge in [0.05, 0.1) is 0 Å². The van der Waals surface area contributed by atoms with E-state index in [0.29, 0.717) is 0 Å². The van der Waals surface area contributed by atoms with Crippen molar-refractivity contribution in [3.8, 4) is 0 Å². The molecule has 0 spiro atoms. The van der Waals surface area contributed by atoms with Crippen LogP contribution in [0, 0.1) is 0 Å². The van der Waals surface area contributed by atoms with Gasteiger partial charge in [-0.15, -0.1) is 0 Å². The maximum absolute atomic E-state index is 9.70. The first-order valence-corrected chi connectivity index (χ1v) is 3.52. The maximum Gasteiger partial charge on any atom is 0.218 e. The SMILES string of the molecule is NS(=O)(=O)CS. The van der Waals surface area contributed by atoms with Crippen molar-refractivity contribution in [2.75, 3.05) is 5.08 Å². The van der Waals surface area contributed by atoms with Crippen molar-refractivity contribution < 1.29 is 8.42 Å². The van der Waals surface area contributed by atoms with Crippen molar-refractivity contribution in [3.63, 3.8) is 0 Å². The minimum atomic E-state index is -3.30. The van der Waals surface area contributed by atoms with Crippen molar-refractivity contribution in [1.82, 2.24) is 0 Å². The van der Waals surface area contributed by atoms with E-state index in [9.17, 15) is 8.42 Å². The molecule has 0 saturated carbocycles. The number of hydrogen-bond acceptors (Lipinski definition) is 3. The molecular weight excluding hydrogens is 122 g/mol. The molecule has 0 heterocycles. The van der Waals surface area contributed by atoms with Crippen LogP contribution in [0.25, 0.3) is 0 Å². The average molecular weight is 127 g/mol. The number of rotatable bonds is 1.